The van der Waals surface area contributed by atoms with Gasteiger partial charge in [0.05, 0.1) is 26.6 Å². The second-order valence-electron chi connectivity index (χ2n) is 7.79. The number of aryl methyl sites for hydroxylation is 1. The van der Waals surface area contributed by atoms with Gasteiger partial charge < -0.3 is 4.74 Å². The fourth-order valence-corrected chi connectivity index (χ4v) is 5.38. The van der Waals surface area contributed by atoms with E-state index >= 15 is 0 Å². The van der Waals surface area contributed by atoms with E-state index in [4.69, 9.17) is 9.73 Å². The zero-order chi connectivity index (χ0) is 18.6. The molecule has 4 rings (SSSR count). The van der Waals surface area contributed by atoms with Crippen LogP contribution in [0.15, 0.2) is 52.7 Å². The molecule has 0 radical (unpaired) electrons. The third kappa shape index (κ3) is 2.42. The van der Waals surface area contributed by atoms with Crippen molar-refractivity contribution in [2.45, 2.75) is 26.6 Å². The first kappa shape index (κ1) is 16.8. The smallest absolute Gasteiger partial charge is 0.256 e. The highest BCUT2D eigenvalue weighted by Crippen LogP contribution is 2.46. The number of benzene rings is 2. The number of carbonyl (C=O) groups is 1. The van der Waals surface area contributed by atoms with E-state index in [0.29, 0.717) is 0 Å². The van der Waals surface area contributed by atoms with Crippen LogP contribution in [0.25, 0.3) is 5.57 Å². The molecular formula is C21H22N2O2Si. The van der Waals surface area contributed by atoms with Crippen molar-refractivity contribution in [3.63, 3.8) is 0 Å². The molecule has 132 valence electrons. The standard InChI is InChI=1S/C21H22N2O2Si/c1-13-6-11-17-16(12-13)18-19(26(3,4)5)21(24)23(20(18)22-17)14-7-9-15(25-2)10-8-14/h6-12H,1-5H3. The summed E-state index contributed by atoms with van der Waals surface area (Å²) in [5, 5.41) is 0.955. The number of methoxy groups -OCH3 is 1. The van der Waals surface area contributed by atoms with Crippen LogP contribution in [0.1, 0.15) is 11.1 Å². The number of fused-ring (bicyclic) bond motifs is 3. The first-order valence-electron chi connectivity index (χ1n) is 8.74. The van der Waals surface area contributed by atoms with Gasteiger partial charge >= 0.3 is 0 Å². The SMILES string of the molecule is COc1ccc(N2C(=O)C([Si](C)(C)C)=C3C2=Nc2ccc(C)cc23)cc1. The maximum atomic E-state index is 13.4. The van der Waals surface area contributed by atoms with Gasteiger partial charge in [-0.2, -0.15) is 0 Å². The van der Waals surface area contributed by atoms with E-state index in [-0.39, 0.29) is 5.91 Å². The van der Waals surface area contributed by atoms with Crippen LogP contribution in [-0.2, 0) is 4.79 Å². The molecule has 2 aromatic rings. The number of hydrogen-bond acceptors (Lipinski definition) is 3. The van der Waals surface area contributed by atoms with E-state index in [2.05, 4.69) is 38.7 Å². The molecule has 2 aliphatic rings. The van der Waals surface area contributed by atoms with Gasteiger partial charge in [0.1, 0.15) is 11.6 Å². The zero-order valence-corrected chi connectivity index (χ0v) is 16.8. The summed E-state index contributed by atoms with van der Waals surface area (Å²) in [7, 11) is -0.231. The van der Waals surface area contributed by atoms with Crippen molar-refractivity contribution in [1.82, 2.24) is 0 Å². The number of ether oxygens (including phenoxy) is 1. The van der Waals surface area contributed by atoms with Crippen LogP contribution in [-0.4, -0.2) is 26.9 Å². The number of amidine groups is 1. The fourth-order valence-electron chi connectivity index (χ4n) is 3.63. The van der Waals surface area contributed by atoms with Gasteiger partial charge in [-0.15, -0.1) is 0 Å². The van der Waals surface area contributed by atoms with Crippen molar-refractivity contribution in [1.29, 1.82) is 0 Å². The molecule has 1 amide bonds. The Kier molecular flexibility index (Phi) is 3.66. The largest absolute Gasteiger partial charge is 0.497 e. The minimum atomic E-state index is -1.87. The summed E-state index contributed by atoms with van der Waals surface area (Å²) in [6, 6.07) is 13.8. The highest BCUT2D eigenvalue weighted by molar-refractivity contribution is 6.91. The van der Waals surface area contributed by atoms with Crippen molar-refractivity contribution in [2.24, 2.45) is 4.99 Å². The number of hydrogen-bond donors (Lipinski definition) is 0. The lowest BCUT2D eigenvalue weighted by Crippen LogP contribution is -2.36. The van der Waals surface area contributed by atoms with E-state index in [1.54, 1.807) is 12.0 Å². The Morgan fingerprint density at radius 2 is 1.73 bits per heavy atom. The first-order valence-corrected chi connectivity index (χ1v) is 12.2. The number of carbonyl (C=O) groups excluding carboxylic acids is 1. The van der Waals surface area contributed by atoms with Crippen LogP contribution in [0.3, 0.4) is 0 Å². The summed E-state index contributed by atoms with van der Waals surface area (Å²) < 4.78 is 5.25. The molecule has 0 aromatic heterocycles. The lowest BCUT2D eigenvalue weighted by Gasteiger charge is -2.21. The number of aliphatic imine (C=N–C) groups is 1. The van der Waals surface area contributed by atoms with Crippen LogP contribution in [0, 0.1) is 6.92 Å². The predicted molar refractivity (Wildman–Crippen MR) is 109 cm³/mol. The van der Waals surface area contributed by atoms with Crippen LogP contribution in [0.5, 0.6) is 5.75 Å². The average Bonchev–Trinajstić information content (AvgIpc) is 3.07. The quantitative estimate of drug-likeness (QED) is 0.741. The minimum absolute atomic E-state index is 0.0650. The first-order chi connectivity index (χ1) is 12.3. The molecule has 0 saturated carbocycles. The van der Waals surface area contributed by atoms with Crippen molar-refractivity contribution in [3.05, 3.63) is 58.8 Å². The highest BCUT2D eigenvalue weighted by atomic mass is 28.3. The van der Waals surface area contributed by atoms with E-state index in [1.807, 2.05) is 30.3 Å². The summed E-state index contributed by atoms with van der Waals surface area (Å²) in [4.78, 5) is 20.0. The fraction of sp³-hybridized carbons (Fsp3) is 0.238. The third-order valence-corrected chi connectivity index (χ3v) is 6.79. The van der Waals surface area contributed by atoms with E-state index in [1.165, 1.54) is 5.56 Å². The predicted octanol–water partition coefficient (Wildman–Crippen LogP) is 4.73. The normalized spacial score (nSPS) is 16.0. The molecule has 4 nitrogen and oxygen atoms in total. The number of anilines is 1. The maximum Gasteiger partial charge on any atom is 0.256 e. The summed E-state index contributed by atoms with van der Waals surface area (Å²) in [6.45, 7) is 8.73. The topological polar surface area (TPSA) is 41.9 Å². The van der Waals surface area contributed by atoms with Gasteiger partial charge in [-0.05, 0) is 43.3 Å². The molecule has 0 fully saturated rings. The van der Waals surface area contributed by atoms with E-state index in [0.717, 1.165) is 39.3 Å². The molecule has 2 aromatic carbocycles. The van der Waals surface area contributed by atoms with Gasteiger partial charge in [0.15, 0.2) is 0 Å². The molecule has 5 heteroatoms. The Bertz CT molecular complexity index is 982. The Labute approximate surface area is 154 Å². The maximum absolute atomic E-state index is 13.4. The molecular weight excluding hydrogens is 340 g/mol. The Balaban J connectivity index is 1.91. The molecule has 2 aliphatic heterocycles. The van der Waals surface area contributed by atoms with Crippen LogP contribution < -0.4 is 9.64 Å². The molecule has 0 N–H and O–H groups in total. The molecule has 26 heavy (non-hydrogen) atoms. The van der Waals surface area contributed by atoms with E-state index in [9.17, 15) is 4.79 Å². The highest BCUT2D eigenvalue weighted by Gasteiger charge is 2.46. The molecule has 0 unspecified atom stereocenters. The van der Waals surface area contributed by atoms with Crippen LogP contribution in [0.4, 0.5) is 11.4 Å². The molecule has 0 saturated heterocycles. The summed E-state index contributed by atoms with van der Waals surface area (Å²) in [5.74, 6) is 1.60. The van der Waals surface area contributed by atoms with Crippen molar-refractivity contribution in [3.8, 4) is 5.75 Å². The van der Waals surface area contributed by atoms with Crippen molar-refractivity contribution < 1.29 is 9.53 Å². The second kappa shape index (κ2) is 5.67. The molecule has 0 spiro atoms. The summed E-state index contributed by atoms with van der Waals surface area (Å²) in [5.41, 5.74) is 5.07. The monoisotopic (exact) mass is 362 g/mol. The molecule has 2 heterocycles. The number of nitrogens with zero attached hydrogens (tertiary/aromatic N) is 2. The Hall–Kier alpha value is -2.66. The second-order valence-corrected chi connectivity index (χ2v) is 12.8. The van der Waals surface area contributed by atoms with Crippen LogP contribution in [0.2, 0.25) is 19.6 Å². The van der Waals surface area contributed by atoms with Crippen molar-refractivity contribution >= 4 is 36.8 Å². The molecule has 0 bridgehead atoms. The lowest BCUT2D eigenvalue weighted by atomic mass is 10.0. The molecule has 0 atom stereocenters. The Morgan fingerprint density at radius 1 is 1.04 bits per heavy atom. The lowest BCUT2D eigenvalue weighted by molar-refractivity contribution is -0.113. The third-order valence-electron chi connectivity index (χ3n) is 4.83. The summed E-state index contributed by atoms with van der Waals surface area (Å²) >= 11 is 0. The van der Waals surface area contributed by atoms with Gasteiger partial charge in [-0.3, -0.25) is 9.69 Å². The number of amides is 1. The summed E-state index contributed by atoms with van der Waals surface area (Å²) in [6.07, 6.45) is 0. The van der Waals surface area contributed by atoms with Gasteiger partial charge in [-0.1, -0.05) is 31.3 Å². The number of rotatable bonds is 3. The minimum Gasteiger partial charge on any atom is -0.497 e. The van der Waals surface area contributed by atoms with E-state index < -0.39 is 8.07 Å². The van der Waals surface area contributed by atoms with Crippen LogP contribution >= 0.6 is 0 Å². The Morgan fingerprint density at radius 3 is 2.35 bits per heavy atom. The van der Waals surface area contributed by atoms with Gasteiger partial charge in [0.25, 0.3) is 5.91 Å². The van der Waals surface area contributed by atoms with Crippen molar-refractivity contribution in [2.75, 3.05) is 12.0 Å². The zero-order valence-electron chi connectivity index (χ0n) is 15.8. The van der Waals surface area contributed by atoms with Gasteiger partial charge in [0.2, 0.25) is 0 Å². The van der Waals surface area contributed by atoms with Gasteiger partial charge in [0, 0.05) is 16.3 Å². The van der Waals surface area contributed by atoms with Gasteiger partial charge in [-0.25, -0.2) is 4.99 Å². The average molecular weight is 363 g/mol. The molecule has 0 aliphatic carbocycles.